The minimum absolute atomic E-state index is 0.104. The standard InChI is InChI=1S/2C32H17N8.Lu/c2*1-2-10-18-17(9-1)25-33-26(18)38-28-21-13-5-6-14-22(21)30(35-28)40-32-24-16-8-7-15-23(24)31(36-32)39-29-20-12-4-3-11-19(20)27(34-29)37-25;/h2*1-15H,(H2,33,34,35,36,37,38,39,40);. The number of H-pyrrole nitrogens is 4. The third-order valence-electron chi connectivity index (χ3n) is 15.1. The van der Waals surface area contributed by atoms with Crippen LogP contribution in [0.1, 0.15) is 0 Å². The molecule has 0 aliphatic carbocycles. The Bertz CT molecular complexity index is 5150. The van der Waals surface area contributed by atoms with Gasteiger partial charge in [-0.1, -0.05) is 12.1 Å². The first-order chi connectivity index (χ1) is 40.1. The van der Waals surface area contributed by atoms with Crippen LogP contribution in [0.2, 0.25) is 0 Å². The number of hydrogen-bond donors (Lipinski definition) is 4. The predicted octanol–water partition coefficient (Wildman–Crippen LogP) is 12.1. The number of nitrogens with one attached hydrogen (secondary N) is 4. The van der Waals surface area contributed by atoms with E-state index in [0.29, 0.717) is 91.8 Å². The average molecular weight is 1200 g/mol. The summed E-state index contributed by atoms with van der Waals surface area (Å²) in [5.41, 5.74) is 11.9. The molecule has 4 aliphatic heterocycles. The van der Waals surface area contributed by atoms with Crippen molar-refractivity contribution < 1.29 is 33.0 Å². The fraction of sp³-hybridized carbons (Fsp3) is 0. The number of rotatable bonds is 2. The second-order valence-electron chi connectivity index (χ2n) is 19.8. The Kier molecular flexibility index (Phi) is 9.43. The fourth-order valence-electron chi connectivity index (χ4n) is 11.4. The Balaban J connectivity index is 0.912. The summed E-state index contributed by atoms with van der Waals surface area (Å²) < 4.78 is 2.07. The van der Waals surface area contributed by atoms with Gasteiger partial charge >= 0.3 is 466 Å². The van der Waals surface area contributed by atoms with Crippen LogP contribution >= 0.6 is 0 Å². The number of benzene rings is 8. The predicted molar refractivity (Wildman–Crippen MR) is 311 cm³/mol. The molecular weight excluding hydrogens is 1170 g/mol. The van der Waals surface area contributed by atoms with Gasteiger partial charge in [-0.3, -0.25) is 0 Å². The molecule has 6 aromatic heterocycles. The summed E-state index contributed by atoms with van der Waals surface area (Å²) in [5, 5.41) is 7.21. The maximum absolute atomic E-state index is 5.44. The van der Waals surface area contributed by atoms with Crippen LogP contribution in [0.15, 0.2) is 182 Å². The Morgan fingerprint density at radius 1 is 0.198 bits per heavy atom. The van der Waals surface area contributed by atoms with Gasteiger partial charge in [0.1, 0.15) is 0 Å². The van der Waals surface area contributed by atoms with Crippen molar-refractivity contribution in [3.05, 3.63) is 182 Å². The van der Waals surface area contributed by atoms with Gasteiger partial charge in [0.05, 0.1) is 0 Å². The van der Waals surface area contributed by atoms with E-state index in [4.69, 9.17) is 59.8 Å². The van der Waals surface area contributed by atoms with E-state index in [9.17, 15) is 0 Å². The molecule has 14 aromatic rings. The van der Waals surface area contributed by atoms with Crippen molar-refractivity contribution in [1.82, 2.24) is 79.7 Å². The molecule has 0 saturated heterocycles. The van der Waals surface area contributed by atoms with E-state index in [-0.39, 0.29) is 33.0 Å². The molecule has 0 atom stereocenters. The van der Waals surface area contributed by atoms with Gasteiger partial charge in [0.25, 0.3) is 0 Å². The van der Waals surface area contributed by atoms with Crippen molar-refractivity contribution in [3.63, 3.8) is 0 Å². The molecule has 16 nitrogen and oxygen atoms in total. The van der Waals surface area contributed by atoms with Crippen LogP contribution in [0.5, 0.6) is 0 Å². The van der Waals surface area contributed by atoms with Crippen LogP contribution in [-0.2, 0) is 0 Å². The molecule has 0 unspecified atom stereocenters. The summed E-state index contributed by atoms with van der Waals surface area (Å²) in [7, 11) is 0. The average Bonchev–Trinajstić information content (AvgIpc) is 4.60. The Hall–Kier alpha value is -10.3. The number of nitrogens with zero attached hydrogens (tertiary/aromatic N) is 12. The molecule has 81 heavy (non-hydrogen) atoms. The second-order valence-corrected chi connectivity index (χ2v) is 22.0. The molecule has 0 radical (unpaired) electrons. The van der Waals surface area contributed by atoms with E-state index in [1.807, 2.05) is 146 Å². The van der Waals surface area contributed by atoms with Gasteiger partial charge in [-0.15, -0.1) is 0 Å². The van der Waals surface area contributed by atoms with Gasteiger partial charge in [-0.2, -0.15) is 0 Å². The van der Waals surface area contributed by atoms with Crippen molar-refractivity contribution in [2.75, 3.05) is 0 Å². The van der Waals surface area contributed by atoms with Crippen molar-refractivity contribution in [2.24, 2.45) is 0 Å². The van der Waals surface area contributed by atoms with Crippen LogP contribution in [0.25, 0.3) is 179 Å². The van der Waals surface area contributed by atoms with Crippen molar-refractivity contribution in [1.29, 1.82) is 0 Å². The molecule has 4 aliphatic rings. The molecule has 4 N–H and O–H groups in total. The van der Waals surface area contributed by atoms with Crippen LogP contribution in [0, 0.1) is 33.0 Å². The summed E-state index contributed by atoms with van der Waals surface area (Å²) >= 11 is -0.104. The van der Waals surface area contributed by atoms with E-state index in [1.165, 1.54) is 0 Å². The van der Waals surface area contributed by atoms with Crippen molar-refractivity contribution in [2.45, 2.75) is 0 Å². The third-order valence-corrected chi connectivity index (χ3v) is 17.4. The van der Waals surface area contributed by atoms with E-state index < -0.39 is 0 Å². The van der Waals surface area contributed by atoms with Crippen LogP contribution in [0.4, 0.5) is 0 Å². The molecular formula is C64H34LuN16. The topological polar surface area (TPSA) is 218 Å². The van der Waals surface area contributed by atoms with Gasteiger partial charge in [-0.05, 0) is 0 Å². The van der Waals surface area contributed by atoms with Gasteiger partial charge in [0.2, 0.25) is 0 Å². The molecule has 0 saturated carbocycles. The molecule has 385 valence electrons. The van der Waals surface area contributed by atoms with Crippen molar-refractivity contribution in [3.8, 4) is 91.1 Å². The SMILES string of the molecule is c1ccc2c(c1)-c1nc-2nc2[nH]c(nc3nc(nc4[nH]c(n1)c1ccccc41)-c1ccccc1-3)c1[c]([Lu][c]3cccc4c5nc6nc(nc7[nH]c(nc8nc(nc([nH]5)c34)-c3ccccc3-8)c3ccccc73)-c3ccccc3-6)cccc21. The Labute approximate surface area is 474 Å². The van der Waals surface area contributed by atoms with E-state index in [2.05, 4.69) is 56.3 Å². The Morgan fingerprint density at radius 2 is 0.407 bits per heavy atom. The van der Waals surface area contributed by atoms with Gasteiger partial charge in [-0.25, -0.2) is 0 Å². The first-order valence-corrected chi connectivity index (χ1v) is 27.7. The normalized spacial score (nSPS) is 12.3. The number of aromatic amines is 4. The molecule has 0 amide bonds. The zero-order chi connectivity index (χ0) is 52.9. The summed E-state index contributed by atoms with van der Waals surface area (Å²) in [4.78, 5) is 77.4. The second kappa shape index (κ2) is 17.1. The Morgan fingerprint density at radius 3 is 0.679 bits per heavy atom. The molecule has 0 spiro atoms. The molecule has 8 aromatic carbocycles. The van der Waals surface area contributed by atoms with Crippen molar-refractivity contribution >= 4 is 91.8 Å². The summed E-state index contributed by atoms with van der Waals surface area (Å²) in [5.74, 6) is 4.28. The zero-order valence-corrected chi connectivity index (χ0v) is 43.6. The van der Waals surface area contributed by atoms with E-state index in [0.717, 1.165) is 91.2 Å². The monoisotopic (exact) mass is 1200 g/mol. The quantitative estimate of drug-likeness (QED) is 0.127. The first-order valence-electron chi connectivity index (χ1n) is 26.1. The minimum atomic E-state index is -0.104. The van der Waals surface area contributed by atoms with E-state index in [1.54, 1.807) is 0 Å². The number of hydrogen-bond acceptors (Lipinski definition) is 12. The van der Waals surface area contributed by atoms with Crippen LogP contribution in [-0.4, -0.2) is 79.7 Å². The number of fused-ring (bicyclic) bond motifs is 40. The molecule has 16 bridgehead atoms. The number of aromatic nitrogens is 16. The molecule has 10 heterocycles. The van der Waals surface area contributed by atoms with Crippen LogP contribution < -0.4 is 3.57 Å². The maximum atomic E-state index is 5.44. The van der Waals surface area contributed by atoms with Gasteiger partial charge in [0, 0.05) is 0 Å². The fourth-order valence-corrected chi connectivity index (χ4v) is 13.7. The summed E-state index contributed by atoms with van der Waals surface area (Å²) in [6, 6.07) is 61.2. The third kappa shape index (κ3) is 6.87. The zero-order valence-electron chi connectivity index (χ0n) is 41.9. The van der Waals surface area contributed by atoms with E-state index >= 15 is 0 Å². The summed E-state index contributed by atoms with van der Waals surface area (Å²) in [6.07, 6.45) is 0. The van der Waals surface area contributed by atoms with Gasteiger partial charge < -0.3 is 0 Å². The molecule has 18 rings (SSSR count). The molecule has 17 heteroatoms. The summed E-state index contributed by atoms with van der Waals surface area (Å²) in [6.45, 7) is 0. The van der Waals surface area contributed by atoms with Crippen LogP contribution in [0.3, 0.4) is 0 Å². The first kappa shape index (κ1) is 44.7. The molecule has 0 fully saturated rings. The van der Waals surface area contributed by atoms with Gasteiger partial charge in [0.15, 0.2) is 0 Å².